The number of para-hydroxylation sites is 1. The zero-order chi connectivity index (χ0) is 15.1. The standard InChI is InChI=1S/C17H18BrN3O/c18-14-3-1-2-12-15(5-8-19-16(12)14)21-9-6-11-4-7-20-17(22)13(11)10-21/h1-3,5,8,11,13H,4,6-7,9-10H2,(H,20,22)/t11-,13+/m0/s1. The molecule has 0 saturated carbocycles. The SMILES string of the molecule is O=C1NCC[C@H]2CCN(c3ccnc4c(Br)cccc34)C[C@@H]12. The third-order valence-electron chi connectivity index (χ3n) is 4.95. The number of anilines is 1. The third kappa shape index (κ3) is 2.28. The second kappa shape index (κ2) is 5.54. The third-order valence-corrected chi connectivity index (χ3v) is 5.59. The fourth-order valence-corrected chi connectivity index (χ4v) is 4.24. The zero-order valence-corrected chi connectivity index (χ0v) is 13.8. The molecule has 0 bridgehead atoms. The van der Waals surface area contributed by atoms with Gasteiger partial charge in [0.25, 0.3) is 0 Å². The lowest BCUT2D eigenvalue weighted by Crippen LogP contribution is -2.51. The van der Waals surface area contributed by atoms with Crippen LogP contribution in [0.2, 0.25) is 0 Å². The monoisotopic (exact) mass is 359 g/mol. The molecule has 4 nitrogen and oxygen atoms in total. The molecule has 0 aliphatic carbocycles. The predicted molar refractivity (Wildman–Crippen MR) is 90.9 cm³/mol. The topological polar surface area (TPSA) is 45.2 Å². The maximum atomic E-state index is 12.2. The van der Waals surface area contributed by atoms with E-state index in [1.807, 2.05) is 18.3 Å². The number of hydrogen-bond acceptors (Lipinski definition) is 3. The summed E-state index contributed by atoms with van der Waals surface area (Å²) in [5, 5.41) is 4.16. The number of pyridine rings is 1. The van der Waals surface area contributed by atoms with E-state index in [4.69, 9.17) is 0 Å². The first-order valence-electron chi connectivity index (χ1n) is 7.80. The Bertz CT molecular complexity index is 733. The van der Waals surface area contributed by atoms with Crippen molar-refractivity contribution in [3.05, 3.63) is 34.9 Å². The van der Waals surface area contributed by atoms with E-state index in [0.717, 1.165) is 47.9 Å². The van der Waals surface area contributed by atoms with Crippen molar-refractivity contribution in [1.82, 2.24) is 10.3 Å². The average Bonchev–Trinajstić information content (AvgIpc) is 2.55. The van der Waals surface area contributed by atoms with Gasteiger partial charge in [-0.1, -0.05) is 12.1 Å². The lowest BCUT2D eigenvalue weighted by Gasteiger charge is -2.41. The predicted octanol–water partition coefficient (Wildman–Crippen LogP) is 2.96. The molecule has 22 heavy (non-hydrogen) atoms. The molecule has 4 rings (SSSR count). The second-order valence-electron chi connectivity index (χ2n) is 6.15. The first kappa shape index (κ1) is 14.0. The number of fused-ring (bicyclic) bond motifs is 2. The molecule has 114 valence electrons. The summed E-state index contributed by atoms with van der Waals surface area (Å²) < 4.78 is 1.01. The zero-order valence-electron chi connectivity index (χ0n) is 12.3. The van der Waals surface area contributed by atoms with Crippen LogP contribution in [0, 0.1) is 11.8 Å². The number of rotatable bonds is 1. The number of carbonyl (C=O) groups excluding carboxylic acids is 1. The van der Waals surface area contributed by atoms with Gasteiger partial charge in [-0.15, -0.1) is 0 Å². The molecule has 5 heteroatoms. The summed E-state index contributed by atoms with van der Waals surface area (Å²) in [5.41, 5.74) is 2.17. The number of halogens is 1. The van der Waals surface area contributed by atoms with E-state index >= 15 is 0 Å². The van der Waals surface area contributed by atoms with Gasteiger partial charge in [-0.05, 0) is 46.8 Å². The number of carbonyl (C=O) groups is 1. The minimum absolute atomic E-state index is 0.123. The second-order valence-corrected chi connectivity index (χ2v) is 7.00. The summed E-state index contributed by atoms with van der Waals surface area (Å²) in [7, 11) is 0. The van der Waals surface area contributed by atoms with Crippen molar-refractivity contribution in [2.45, 2.75) is 12.8 Å². The van der Waals surface area contributed by atoms with Crippen LogP contribution >= 0.6 is 15.9 Å². The summed E-state index contributed by atoms with van der Waals surface area (Å²) in [6, 6.07) is 8.23. The van der Waals surface area contributed by atoms with Crippen molar-refractivity contribution in [2.24, 2.45) is 11.8 Å². The van der Waals surface area contributed by atoms with Crippen molar-refractivity contribution in [2.75, 3.05) is 24.5 Å². The molecule has 2 saturated heterocycles. The fraction of sp³-hybridized carbons (Fsp3) is 0.412. The van der Waals surface area contributed by atoms with Crippen molar-refractivity contribution >= 4 is 38.4 Å². The summed E-state index contributed by atoms with van der Waals surface area (Å²) in [6.07, 6.45) is 4.07. The molecule has 2 aromatic rings. The van der Waals surface area contributed by atoms with E-state index in [1.54, 1.807) is 0 Å². The minimum Gasteiger partial charge on any atom is -0.370 e. The highest BCUT2D eigenvalue weighted by atomic mass is 79.9. The van der Waals surface area contributed by atoms with Crippen molar-refractivity contribution in [1.29, 1.82) is 0 Å². The van der Waals surface area contributed by atoms with Gasteiger partial charge in [0.15, 0.2) is 0 Å². The van der Waals surface area contributed by atoms with Gasteiger partial charge >= 0.3 is 0 Å². The smallest absolute Gasteiger partial charge is 0.225 e. The number of benzene rings is 1. The molecule has 0 spiro atoms. The Hall–Kier alpha value is -1.62. The first-order valence-corrected chi connectivity index (χ1v) is 8.59. The number of piperidine rings is 2. The minimum atomic E-state index is 0.123. The molecule has 1 aromatic carbocycles. The summed E-state index contributed by atoms with van der Waals surface area (Å²) >= 11 is 3.57. The highest BCUT2D eigenvalue weighted by Gasteiger charge is 2.37. The van der Waals surface area contributed by atoms with Crippen molar-refractivity contribution in [3.8, 4) is 0 Å². The highest BCUT2D eigenvalue weighted by molar-refractivity contribution is 9.10. The van der Waals surface area contributed by atoms with Gasteiger partial charge in [0, 0.05) is 41.4 Å². The van der Waals surface area contributed by atoms with E-state index in [2.05, 4.69) is 43.3 Å². The molecule has 0 radical (unpaired) electrons. The summed E-state index contributed by atoms with van der Waals surface area (Å²) in [4.78, 5) is 19.0. The molecule has 3 heterocycles. The quantitative estimate of drug-likeness (QED) is 0.851. The maximum Gasteiger partial charge on any atom is 0.225 e. The van der Waals surface area contributed by atoms with Crippen molar-refractivity contribution < 1.29 is 4.79 Å². The van der Waals surface area contributed by atoms with Gasteiger partial charge < -0.3 is 10.2 Å². The van der Waals surface area contributed by atoms with Crippen LogP contribution in [-0.2, 0) is 4.79 Å². The van der Waals surface area contributed by atoms with Crippen LogP contribution in [0.5, 0.6) is 0 Å². The number of nitrogens with one attached hydrogen (secondary N) is 1. The van der Waals surface area contributed by atoms with E-state index in [0.29, 0.717) is 5.92 Å². The average molecular weight is 360 g/mol. The highest BCUT2D eigenvalue weighted by Crippen LogP contribution is 2.35. The van der Waals surface area contributed by atoms with Gasteiger partial charge in [-0.3, -0.25) is 9.78 Å². The lowest BCUT2D eigenvalue weighted by molar-refractivity contribution is -0.129. The largest absolute Gasteiger partial charge is 0.370 e. The van der Waals surface area contributed by atoms with Gasteiger partial charge in [0.2, 0.25) is 5.91 Å². The number of amides is 1. The molecule has 2 atom stereocenters. The normalized spacial score (nSPS) is 25.0. The molecule has 1 aromatic heterocycles. The van der Waals surface area contributed by atoms with E-state index in [9.17, 15) is 4.79 Å². The van der Waals surface area contributed by atoms with Crippen LogP contribution < -0.4 is 10.2 Å². The van der Waals surface area contributed by atoms with E-state index < -0.39 is 0 Å². The number of aromatic nitrogens is 1. The van der Waals surface area contributed by atoms with Gasteiger partial charge in [0.1, 0.15) is 0 Å². The molecule has 1 N–H and O–H groups in total. The van der Waals surface area contributed by atoms with Gasteiger partial charge in [0.05, 0.1) is 11.4 Å². The van der Waals surface area contributed by atoms with Gasteiger partial charge in [-0.2, -0.15) is 0 Å². The van der Waals surface area contributed by atoms with Crippen LogP contribution in [-0.4, -0.2) is 30.5 Å². The van der Waals surface area contributed by atoms with Gasteiger partial charge in [-0.25, -0.2) is 0 Å². The van der Waals surface area contributed by atoms with Crippen LogP contribution in [0.4, 0.5) is 5.69 Å². The van der Waals surface area contributed by atoms with Crippen LogP contribution in [0.3, 0.4) is 0 Å². The number of hydrogen-bond donors (Lipinski definition) is 1. The Morgan fingerprint density at radius 2 is 2.18 bits per heavy atom. The Morgan fingerprint density at radius 3 is 3.09 bits per heavy atom. The Kier molecular flexibility index (Phi) is 3.53. The van der Waals surface area contributed by atoms with Crippen molar-refractivity contribution in [3.63, 3.8) is 0 Å². The molecule has 2 aliphatic heterocycles. The number of nitrogens with zero attached hydrogens (tertiary/aromatic N) is 2. The molecule has 1 amide bonds. The molecule has 2 fully saturated rings. The summed E-state index contributed by atoms with van der Waals surface area (Å²) in [5.74, 6) is 0.892. The molecule has 2 aliphatic rings. The molecular formula is C17H18BrN3O. The molecule has 0 unspecified atom stereocenters. The van der Waals surface area contributed by atoms with Crippen LogP contribution in [0.1, 0.15) is 12.8 Å². The first-order chi connectivity index (χ1) is 10.7. The molecular weight excluding hydrogens is 342 g/mol. The Morgan fingerprint density at radius 1 is 1.27 bits per heavy atom. The fourth-order valence-electron chi connectivity index (χ4n) is 3.77. The van der Waals surface area contributed by atoms with Crippen LogP contribution in [0.15, 0.2) is 34.9 Å². The Labute approximate surface area is 138 Å². The van der Waals surface area contributed by atoms with E-state index in [-0.39, 0.29) is 11.8 Å². The Balaban J connectivity index is 1.71. The maximum absolute atomic E-state index is 12.2. The summed E-state index contributed by atoms with van der Waals surface area (Å²) in [6.45, 7) is 2.66. The lowest BCUT2D eigenvalue weighted by atomic mass is 9.80. The van der Waals surface area contributed by atoms with Crippen LogP contribution in [0.25, 0.3) is 10.9 Å². The van der Waals surface area contributed by atoms with E-state index in [1.165, 1.54) is 5.69 Å².